The summed E-state index contributed by atoms with van der Waals surface area (Å²) < 4.78 is 5.28. The van der Waals surface area contributed by atoms with Gasteiger partial charge in [0.2, 0.25) is 0 Å². The summed E-state index contributed by atoms with van der Waals surface area (Å²) in [5, 5.41) is 10.9. The minimum Gasteiger partial charge on any atom is -0.506 e. The lowest BCUT2D eigenvalue weighted by Crippen LogP contribution is -2.12. The van der Waals surface area contributed by atoms with E-state index in [1.165, 1.54) is 0 Å². The summed E-state index contributed by atoms with van der Waals surface area (Å²) in [5.74, 6) is -0.104. The Morgan fingerprint density at radius 3 is 2.42 bits per heavy atom. The van der Waals surface area contributed by atoms with E-state index in [4.69, 9.17) is 4.42 Å². The van der Waals surface area contributed by atoms with Crippen LogP contribution in [0.4, 0.5) is 11.4 Å². The van der Waals surface area contributed by atoms with Gasteiger partial charge in [-0.3, -0.25) is 4.99 Å². The second-order valence-corrected chi connectivity index (χ2v) is 5.72. The number of aromatic hydroxyl groups is 1. The molecule has 0 spiro atoms. The number of aliphatic imine (C=N–C) groups is 1. The van der Waals surface area contributed by atoms with Crippen LogP contribution >= 0.6 is 0 Å². The fraction of sp³-hybridized carbons (Fsp3) is 0.158. The molecule has 0 unspecified atom stereocenters. The molecule has 0 fully saturated rings. The molecule has 2 aromatic carbocycles. The molecule has 5 nitrogen and oxygen atoms in total. The van der Waals surface area contributed by atoms with E-state index in [1.807, 2.05) is 43.3 Å². The number of hydrogen-bond acceptors (Lipinski definition) is 5. The Bertz CT molecular complexity index is 970. The number of anilines is 1. The van der Waals surface area contributed by atoms with Gasteiger partial charge in [-0.15, -0.1) is 0 Å². The molecule has 0 amide bonds. The number of para-hydroxylation sites is 1. The van der Waals surface area contributed by atoms with Gasteiger partial charge in [-0.1, -0.05) is 12.1 Å². The summed E-state index contributed by atoms with van der Waals surface area (Å²) in [4.78, 5) is 18.6. The number of rotatable bonds is 3. The molecule has 1 N–H and O–H groups in total. The van der Waals surface area contributed by atoms with Crippen molar-refractivity contribution in [2.24, 2.45) is 4.99 Å². The lowest BCUT2D eigenvalue weighted by Gasteiger charge is -2.12. The van der Waals surface area contributed by atoms with Crippen molar-refractivity contribution in [1.82, 2.24) is 0 Å². The van der Waals surface area contributed by atoms with Crippen LogP contribution in [0.1, 0.15) is 12.5 Å². The fourth-order valence-electron chi connectivity index (χ4n) is 2.53. The standard InChI is InChI=1S/C19H18N2O3/c1-12(20-13-8-10-14(11-9-13)21(2)3)17-18(22)15-6-4-5-7-16(15)24-19(17)23/h4-11,22H,1-3H3. The summed E-state index contributed by atoms with van der Waals surface area (Å²) >= 11 is 0. The van der Waals surface area contributed by atoms with Gasteiger partial charge in [0.05, 0.1) is 16.8 Å². The highest BCUT2D eigenvalue weighted by Crippen LogP contribution is 2.27. The van der Waals surface area contributed by atoms with E-state index >= 15 is 0 Å². The van der Waals surface area contributed by atoms with Gasteiger partial charge in [0.15, 0.2) is 0 Å². The molecule has 0 saturated heterocycles. The third kappa shape index (κ3) is 2.88. The number of hydrogen-bond donors (Lipinski definition) is 1. The van der Waals surface area contributed by atoms with Crippen LogP contribution in [0, 0.1) is 0 Å². The van der Waals surface area contributed by atoms with Crippen LogP contribution in [0.3, 0.4) is 0 Å². The lowest BCUT2D eigenvalue weighted by atomic mass is 10.1. The zero-order valence-electron chi connectivity index (χ0n) is 13.8. The van der Waals surface area contributed by atoms with Gasteiger partial charge < -0.3 is 14.4 Å². The first-order valence-corrected chi connectivity index (χ1v) is 7.55. The molecule has 24 heavy (non-hydrogen) atoms. The number of benzene rings is 2. The molecular formula is C19H18N2O3. The number of fused-ring (bicyclic) bond motifs is 1. The Labute approximate surface area is 139 Å². The van der Waals surface area contributed by atoms with Crippen molar-refractivity contribution < 1.29 is 9.52 Å². The summed E-state index contributed by atoms with van der Waals surface area (Å²) in [6.45, 7) is 1.68. The van der Waals surface area contributed by atoms with Crippen molar-refractivity contribution in [1.29, 1.82) is 0 Å². The van der Waals surface area contributed by atoms with Crippen molar-refractivity contribution in [2.45, 2.75) is 6.92 Å². The molecule has 0 aliphatic rings. The third-order valence-corrected chi connectivity index (χ3v) is 3.81. The molecule has 0 radical (unpaired) electrons. The Morgan fingerprint density at radius 2 is 1.75 bits per heavy atom. The third-order valence-electron chi connectivity index (χ3n) is 3.81. The van der Waals surface area contributed by atoms with Crippen LogP contribution < -0.4 is 10.5 Å². The van der Waals surface area contributed by atoms with E-state index < -0.39 is 5.63 Å². The highest BCUT2D eigenvalue weighted by atomic mass is 16.4. The van der Waals surface area contributed by atoms with E-state index in [0.717, 1.165) is 5.69 Å². The Hall–Kier alpha value is -3.08. The molecule has 0 atom stereocenters. The van der Waals surface area contributed by atoms with Crippen LogP contribution in [-0.2, 0) is 0 Å². The Kier molecular flexibility index (Phi) is 4.08. The maximum absolute atomic E-state index is 12.2. The molecule has 122 valence electrons. The highest BCUT2D eigenvalue weighted by molar-refractivity contribution is 6.05. The van der Waals surface area contributed by atoms with Gasteiger partial charge in [0.1, 0.15) is 16.9 Å². The smallest absolute Gasteiger partial charge is 0.349 e. The molecule has 3 aromatic rings. The van der Waals surface area contributed by atoms with Gasteiger partial charge in [-0.2, -0.15) is 0 Å². The maximum atomic E-state index is 12.2. The van der Waals surface area contributed by atoms with Gasteiger partial charge in [0, 0.05) is 19.8 Å². The van der Waals surface area contributed by atoms with Crippen molar-refractivity contribution in [3.05, 3.63) is 64.5 Å². The van der Waals surface area contributed by atoms with Gasteiger partial charge >= 0.3 is 5.63 Å². The average molecular weight is 322 g/mol. The first-order valence-electron chi connectivity index (χ1n) is 7.55. The largest absolute Gasteiger partial charge is 0.506 e. The highest BCUT2D eigenvalue weighted by Gasteiger charge is 2.16. The number of nitrogens with zero attached hydrogens (tertiary/aromatic N) is 2. The summed E-state index contributed by atoms with van der Waals surface area (Å²) in [5.41, 5.74) is 2.00. The summed E-state index contributed by atoms with van der Waals surface area (Å²) in [6, 6.07) is 14.5. The van der Waals surface area contributed by atoms with Crippen molar-refractivity contribution in [3.63, 3.8) is 0 Å². The van der Waals surface area contributed by atoms with Gasteiger partial charge in [-0.25, -0.2) is 4.79 Å². The quantitative estimate of drug-likeness (QED) is 0.590. The first kappa shape index (κ1) is 15.8. The van der Waals surface area contributed by atoms with Crippen LogP contribution in [0.2, 0.25) is 0 Å². The molecular weight excluding hydrogens is 304 g/mol. The van der Waals surface area contributed by atoms with Crippen molar-refractivity contribution >= 4 is 28.1 Å². The lowest BCUT2D eigenvalue weighted by molar-refractivity contribution is 0.466. The van der Waals surface area contributed by atoms with E-state index in [-0.39, 0.29) is 11.3 Å². The van der Waals surface area contributed by atoms with Gasteiger partial charge in [0.25, 0.3) is 0 Å². The second kappa shape index (κ2) is 6.20. The molecule has 0 bridgehead atoms. The summed E-state index contributed by atoms with van der Waals surface area (Å²) in [6.07, 6.45) is 0. The summed E-state index contributed by atoms with van der Waals surface area (Å²) in [7, 11) is 3.92. The topological polar surface area (TPSA) is 66.0 Å². The molecule has 1 aromatic heterocycles. The van der Waals surface area contributed by atoms with E-state index in [1.54, 1.807) is 31.2 Å². The molecule has 0 aliphatic heterocycles. The normalized spacial score (nSPS) is 11.7. The predicted molar refractivity (Wildman–Crippen MR) is 96.8 cm³/mol. The molecule has 1 heterocycles. The minimum atomic E-state index is -0.600. The van der Waals surface area contributed by atoms with E-state index in [9.17, 15) is 9.90 Å². The molecule has 0 saturated carbocycles. The SMILES string of the molecule is CC(=Nc1ccc(N(C)C)cc1)c1c(O)c2ccccc2oc1=O. The molecule has 5 heteroatoms. The van der Waals surface area contributed by atoms with E-state index in [0.29, 0.717) is 22.4 Å². The van der Waals surface area contributed by atoms with Crippen LogP contribution in [0.15, 0.2) is 62.7 Å². The van der Waals surface area contributed by atoms with Gasteiger partial charge in [-0.05, 0) is 43.3 Å². The van der Waals surface area contributed by atoms with E-state index in [2.05, 4.69) is 4.99 Å². The Morgan fingerprint density at radius 1 is 1.08 bits per heavy atom. The average Bonchev–Trinajstić information content (AvgIpc) is 2.55. The van der Waals surface area contributed by atoms with Crippen molar-refractivity contribution in [2.75, 3.05) is 19.0 Å². The maximum Gasteiger partial charge on any atom is 0.349 e. The fourth-order valence-corrected chi connectivity index (χ4v) is 2.53. The first-order chi connectivity index (χ1) is 11.5. The zero-order valence-corrected chi connectivity index (χ0v) is 13.8. The van der Waals surface area contributed by atoms with Crippen LogP contribution in [0.5, 0.6) is 5.75 Å². The second-order valence-electron chi connectivity index (χ2n) is 5.72. The minimum absolute atomic E-state index is 0.0883. The molecule has 3 rings (SSSR count). The monoisotopic (exact) mass is 322 g/mol. The molecule has 0 aliphatic carbocycles. The van der Waals surface area contributed by atoms with Crippen LogP contribution in [-0.4, -0.2) is 24.9 Å². The Balaban J connectivity index is 2.07. The predicted octanol–water partition coefficient (Wildman–Crippen LogP) is 3.71. The zero-order chi connectivity index (χ0) is 17.3. The van der Waals surface area contributed by atoms with Crippen molar-refractivity contribution in [3.8, 4) is 5.75 Å². The van der Waals surface area contributed by atoms with Crippen LogP contribution in [0.25, 0.3) is 11.0 Å².